The molecule has 2 saturated heterocycles. The number of methoxy groups -OCH3 is 2. The molecule has 5 aromatic rings. The minimum atomic E-state index is -1.07. The van der Waals surface area contributed by atoms with Gasteiger partial charge in [-0.3, -0.25) is 34.5 Å². The predicted octanol–water partition coefficient (Wildman–Crippen LogP) is 7.50. The van der Waals surface area contributed by atoms with Crippen LogP contribution in [0.2, 0.25) is 0 Å². The van der Waals surface area contributed by atoms with E-state index in [9.17, 15) is 39.3 Å². The van der Waals surface area contributed by atoms with Gasteiger partial charge in [-0.25, -0.2) is 34.2 Å². The number of alkyl carbamates (subject to hydrolysis) is 1. The van der Waals surface area contributed by atoms with E-state index in [1.807, 2.05) is 13.8 Å². The first-order valence-corrected chi connectivity index (χ1v) is 27.3. The fourth-order valence-electron chi connectivity index (χ4n) is 8.48. The average Bonchev–Trinajstić information content (AvgIpc) is 4.07. The molecule has 4 aliphatic rings. The van der Waals surface area contributed by atoms with E-state index in [4.69, 9.17) is 30.1 Å². The van der Waals surface area contributed by atoms with Gasteiger partial charge in [0.2, 0.25) is 0 Å². The fraction of sp³-hybridized carbons (Fsp3) is 0.560. The van der Waals surface area contributed by atoms with E-state index in [1.165, 1.54) is 43.1 Å². The molecule has 78 heavy (non-hydrogen) atoms. The molecule has 9 rings (SSSR count). The Balaban J connectivity index is 0.000000176. The highest BCUT2D eigenvalue weighted by molar-refractivity contribution is 7.16. The second-order valence-electron chi connectivity index (χ2n) is 20.6. The number of carboxylic acid groups (broad SMARTS) is 2. The lowest BCUT2D eigenvalue weighted by Crippen LogP contribution is -2.47. The van der Waals surface area contributed by atoms with Gasteiger partial charge >= 0.3 is 18.3 Å². The van der Waals surface area contributed by atoms with Crippen LogP contribution in [0.25, 0.3) is 0 Å². The number of carbonyl (C=O) groups excluding carboxylic acids is 3. The Bertz CT molecular complexity index is 2960. The lowest BCUT2D eigenvalue weighted by molar-refractivity contribution is 0.0690. The number of rotatable bonds is 17. The van der Waals surface area contributed by atoms with Gasteiger partial charge in [-0.05, 0) is 72.4 Å². The van der Waals surface area contributed by atoms with Gasteiger partial charge < -0.3 is 44.3 Å². The van der Waals surface area contributed by atoms with Gasteiger partial charge in [0, 0.05) is 82.8 Å². The van der Waals surface area contributed by atoms with Crippen LogP contribution in [-0.4, -0.2) is 141 Å². The molecule has 6 N–H and O–H groups in total. The first kappa shape index (κ1) is 59.1. The maximum Gasteiger partial charge on any atom is 0.414 e. The normalized spacial score (nSPS) is 19.9. The third-order valence-electron chi connectivity index (χ3n) is 13.0. The summed E-state index contributed by atoms with van der Waals surface area (Å²) in [7, 11) is 6.55. The zero-order valence-electron chi connectivity index (χ0n) is 44.8. The van der Waals surface area contributed by atoms with Gasteiger partial charge in [0.25, 0.3) is 11.8 Å². The van der Waals surface area contributed by atoms with E-state index in [0.29, 0.717) is 82.3 Å². The Morgan fingerprint density at radius 1 is 0.821 bits per heavy atom. The summed E-state index contributed by atoms with van der Waals surface area (Å²) in [6, 6.07) is 3.19. The number of aromatic nitrogens is 7. The van der Waals surface area contributed by atoms with Crippen molar-refractivity contribution in [2.75, 3.05) is 43.0 Å². The molecular formula is C50H66N12O13S3. The highest BCUT2D eigenvalue weighted by Crippen LogP contribution is 2.46. The first-order valence-electron chi connectivity index (χ1n) is 24.9. The molecule has 0 spiro atoms. The van der Waals surface area contributed by atoms with Crippen molar-refractivity contribution in [1.82, 2.24) is 44.7 Å². The van der Waals surface area contributed by atoms with Crippen molar-refractivity contribution in [2.45, 2.75) is 140 Å². The van der Waals surface area contributed by atoms with E-state index in [0.717, 1.165) is 46.8 Å². The second kappa shape index (κ2) is 25.0. The smallest absolute Gasteiger partial charge is 0.414 e. The fourth-order valence-corrected chi connectivity index (χ4v) is 11.3. The van der Waals surface area contributed by atoms with Crippen LogP contribution < -0.4 is 20.9 Å². The number of hydrogen-bond acceptors (Lipinski definition) is 19. The Kier molecular flexibility index (Phi) is 19.0. The number of aryl methyl sites for hydroxylation is 2. The molecule has 0 bridgehead atoms. The third-order valence-corrected chi connectivity index (χ3v) is 16.1. The van der Waals surface area contributed by atoms with Crippen LogP contribution in [0.3, 0.4) is 0 Å². The second-order valence-corrected chi connectivity index (χ2v) is 23.8. The molecule has 5 atom stereocenters. The summed E-state index contributed by atoms with van der Waals surface area (Å²) in [6.45, 7) is 10.7. The number of aliphatic hydroxyl groups is 1. The van der Waals surface area contributed by atoms with E-state index >= 15 is 0 Å². The van der Waals surface area contributed by atoms with Crippen molar-refractivity contribution >= 4 is 79.5 Å². The maximum absolute atomic E-state index is 12.6. The molecule has 2 saturated carbocycles. The number of terminal acetylenes is 1. The SMILES string of the molecule is C#CCC(O)c1cnc(N(C(=O)O)C(C)(C)C)s1.COCc1cc(C(=O)Nc2ncc([C@@H]3C[C@H](OC(=O)NC4(C)CC4)CO3)s2)n(C)n1.COCc1cc(C(=O)Nc2ncc([C@H]3C[C@@H](N(C(=O)O)C4(C)CC4)CO3)s2)n(C)n1. The summed E-state index contributed by atoms with van der Waals surface area (Å²) in [6.07, 6.45) is 11.1. The van der Waals surface area contributed by atoms with Crippen LogP contribution in [0.1, 0.15) is 145 Å². The van der Waals surface area contributed by atoms with Crippen molar-refractivity contribution < 1.29 is 63.0 Å². The van der Waals surface area contributed by atoms with Gasteiger partial charge in [0.15, 0.2) is 15.4 Å². The maximum atomic E-state index is 12.6. The molecule has 1 unspecified atom stereocenters. The predicted molar refractivity (Wildman–Crippen MR) is 288 cm³/mol. The van der Waals surface area contributed by atoms with Gasteiger partial charge in [-0.2, -0.15) is 10.2 Å². The van der Waals surface area contributed by atoms with Gasteiger partial charge in [-0.1, -0.05) is 34.0 Å². The zero-order valence-corrected chi connectivity index (χ0v) is 47.3. The molecule has 0 aromatic carbocycles. The standard InChI is InChI=1S/2C19H25N5O5S.C12H16N2O3S/c1-19(4-5-19)22-18(26)29-12-7-14(28-10-12)15-8-20-17(30-15)21-16(25)13-6-11(9-27-3)23-24(13)2;1-19(4-5-19)24(18(26)27)12-7-14(29-10-12)15-8-20-17(30-15)21-16(25)13-6-11(9-28-3)22-23(13)2;1-5-6-8(15)9-7-13-10(18-9)14(11(16)17)12(2,3)4/h6,8,12,14H,4-5,7,9-10H2,1-3H3,(H,22,26)(H,20,21,25);6,8,12,14H,4-5,7,9-10H2,1-3H3,(H,26,27)(H,20,21,25);1,7-8,15H,6H2,2-4H3,(H,16,17)/t2*12-,14-;/m01./s1. The van der Waals surface area contributed by atoms with E-state index in [1.54, 1.807) is 78.5 Å². The van der Waals surface area contributed by atoms with Crippen LogP contribution in [0.4, 0.5) is 29.8 Å². The lowest BCUT2D eigenvalue weighted by atomic mass is 10.1. The monoisotopic (exact) mass is 1140 g/mol. The molecule has 2 aliphatic heterocycles. The molecule has 2 aliphatic carbocycles. The summed E-state index contributed by atoms with van der Waals surface area (Å²) in [5.74, 6) is 1.75. The Morgan fingerprint density at radius 3 is 1.83 bits per heavy atom. The summed E-state index contributed by atoms with van der Waals surface area (Å²) in [4.78, 5) is 77.7. The number of nitrogens with zero attached hydrogens (tertiary/aromatic N) is 9. The molecule has 5 amide bonds. The Labute approximate surface area is 462 Å². The zero-order chi connectivity index (χ0) is 56.7. The minimum absolute atomic E-state index is 0.112. The number of thiazole rings is 3. The molecule has 4 fully saturated rings. The quantitative estimate of drug-likeness (QED) is 0.0491. The number of carbonyl (C=O) groups is 5. The molecule has 25 nitrogen and oxygen atoms in total. The molecule has 422 valence electrons. The topological polar surface area (TPSA) is 309 Å². The summed E-state index contributed by atoms with van der Waals surface area (Å²) >= 11 is 3.80. The first-order chi connectivity index (χ1) is 36.9. The van der Waals surface area contributed by atoms with Crippen molar-refractivity contribution in [1.29, 1.82) is 0 Å². The Hall–Kier alpha value is -6.58. The minimum Gasteiger partial charge on any atom is -0.465 e. The summed E-state index contributed by atoms with van der Waals surface area (Å²) in [5, 5.41) is 46.8. The van der Waals surface area contributed by atoms with Crippen molar-refractivity contribution in [3.8, 4) is 12.3 Å². The third kappa shape index (κ3) is 15.2. The summed E-state index contributed by atoms with van der Waals surface area (Å²) in [5.41, 5.74) is 1.19. The van der Waals surface area contributed by atoms with E-state index in [-0.39, 0.29) is 53.7 Å². The van der Waals surface area contributed by atoms with Crippen LogP contribution >= 0.6 is 34.0 Å². The molecule has 5 aromatic heterocycles. The number of anilines is 3. The number of nitrogens with one attached hydrogen (secondary N) is 3. The van der Waals surface area contributed by atoms with Crippen molar-refractivity contribution in [3.05, 3.63) is 68.1 Å². The number of hydrogen-bond donors (Lipinski definition) is 6. The van der Waals surface area contributed by atoms with Crippen LogP contribution in [-0.2, 0) is 51.0 Å². The Morgan fingerprint density at radius 2 is 1.36 bits per heavy atom. The van der Waals surface area contributed by atoms with Crippen molar-refractivity contribution in [3.63, 3.8) is 0 Å². The van der Waals surface area contributed by atoms with Gasteiger partial charge in [0.05, 0.1) is 70.7 Å². The van der Waals surface area contributed by atoms with Crippen molar-refractivity contribution in [2.24, 2.45) is 14.1 Å². The molecule has 7 heterocycles. The summed E-state index contributed by atoms with van der Waals surface area (Å²) < 4.78 is 30.2. The molecule has 28 heteroatoms. The molecular weight excluding hydrogens is 1070 g/mol. The molecule has 0 radical (unpaired) electrons. The van der Waals surface area contributed by atoms with Crippen LogP contribution in [0.15, 0.2) is 30.7 Å². The lowest BCUT2D eigenvalue weighted by Gasteiger charge is -2.31. The van der Waals surface area contributed by atoms with Crippen LogP contribution in [0, 0.1) is 12.3 Å². The highest BCUT2D eigenvalue weighted by Gasteiger charge is 2.51. The van der Waals surface area contributed by atoms with Crippen LogP contribution in [0.5, 0.6) is 0 Å². The number of aliphatic hydroxyl groups excluding tert-OH is 1. The largest absolute Gasteiger partial charge is 0.465 e. The van der Waals surface area contributed by atoms with Gasteiger partial charge in [-0.15, -0.1) is 12.3 Å². The van der Waals surface area contributed by atoms with Gasteiger partial charge in [0.1, 0.15) is 23.6 Å². The highest BCUT2D eigenvalue weighted by atomic mass is 32.1. The average molecular weight is 1140 g/mol. The van der Waals surface area contributed by atoms with E-state index < -0.39 is 29.9 Å². The van der Waals surface area contributed by atoms with E-state index in [2.05, 4.69) is 47.0 Å². The number of ether oxygens (including phenoxy) is 5. The number of amides is 5.